The molecule has 0 aliphatic rings. The number of hydrogen-bond acceptors (Lipinski definition) is 3. The van der Waals surface area contributed by atoms with Gasteiger partial charge in [-0.25, -0.2) is 4.79 Å². The molecular formula is C19H25N3O3. The Kier molecular flexibility index (Phi) is 6.22. The molecule has 1 aromatic carbocycles. The average Bonchev–Trinajstić information content (AvgIpc) is 2.91. The molecule has 6 nitrogen and oxygen atoms in total. The van der Waals surface area contributed by atoms with E-state index in [0.29, 0.717) is 13.0 Å². The van der Waals surface area contributed by atoms with E-state index in [1.165, 1.54) is 0 Å². The molecule has 0 unspecified atom stereocenters. The average molecular weight is 343 g/mol. The van der Waals surface area contributed by atoms with Gasteiger partial charge in [0.15, 0.2) is 0 Å². The van der Waals surface area contributed by atoms with Gasteiger partial charge in [0.1, 0.15) is 11.5 Å². The summed E-state index contributed by atoms with van der Waals surface area (Å²) in [6.45, 7) is 7.89. The number of hydrogen-bond donors (Lipinski definition) is 3. The maximum absolute atomic E-state index is 12.1. The van der Waals surface area contributed by atoms with E-state index in [9.17, 15) is 9.59 Å². The van der Waals surface area contributed by atoms with E-state index >= 15 is 0 Å². The molecule has 0 saturated carbocycles. The summed E-state index contributed by atoms with van der Waals surface area (Å²) in [6.07, 6.45) is 0.440. The molecule has 0 bridgehead atoms. The van der Waals surface area contributed by atoms with Crippen LogP contribution in [-0.2, 0) is 11.3 Å². The molecule has 3 amide bonds. The number of anilines is 1. The lowest BCUT2D eigenvalue weighted by molar-refractivity contribution is -0.115. The molecule has 3 N–H and O–H groups in total. The summed E-state index contributed by atoms with van der Waals surface area (Å²) in [4.78, 5) is 23.4. The topological polar surface area (TPSA) is 83.4 Å². The first-order valence-electron chi connectivity index (χ1n) is 8.39. The van der Waals surface area contributed by atoms with Crippen LogP contribution in [0.1, 0.15) is 49.0 Å². The molecule has 0 aliphatic carbocycles. The van der Waals surface area contributed by atoms with Gasteiger partial charge in [-0.05, 0) is 44.5 Å². The quantitative estimate of drug-likeness (QED) is 0.746. The summed E-state index contributed by atoms with van der Waals surface area (Å²) in [5.41, 5.74) is 2.68. The molecule has 0 fully saturated rings. The third kappa shape index (κ3) is 5.38. The van der Waals surface area contributed by atoms with Crippen LogP contribution in [0.4, 0.5) is 10.5 Å². The Morgan fingerprint density at radius 3 is 2.40 bits per heavy atom. The summed E-state index contributed by atoms with van der Waals surface area (Å²) >= 11 is 0. The standard InChI is InChI=1S/C19H25N3O3/c1-5-18(23)22-17-8-6-15(7-9-17)13(3)21-19(24)20-11-16-10-12(2)25-14(16)4/h6-10,13H,5,11H2,1-4H3,(H,22,23)(H2,20,21,24)/t13-/m1/s1. The van der Waals surface area contributed by atoms with E-state index in [1.54, 1.807) is 6.92 Å². The molecule has 25 heavy (non-hydrogen) atoms. The highest BCUT2D eigenvalue weighted by molar-refractivity contribution is 5.90. The van der Waals surface area contributed by atoms with Crippen LogP contribution in [0.2, 0.25) is 0 Å². The zero-order valence-electron chi connectivity index (χ0n) is 15.1. The van der Waals surface area contributed by atoms with Crippen molar-refractivity contribution >= 4 is 17.6 Å². The van der Waals surface area contributed by atoms with Crippen molar-refractivity contribution in [3.8, 4) is 0 Å². The number of urea groups is 1. The Balaban J connectivity index is 1.86. The second-order valence-corrected chi connectivity index (χ2v) is 6.01. The molecule has 0 radical (unpaired) electrons. The minimum atomic E-state index is -0.242. The Bertz CT molecular complexity index is 735. The number of furan rings is 1. The zero-order valence-corrected chi connectivity index (χ0v) is 15.1. The number of benzene rings is 1. The number of aryl methyl sites for hydroxylation is 2. The van der Waals surface area contributed by atoms with Crippen LogP contribution in [0, 0.1) is 13.8 Å². The van der Waals surface area contributed by atoms with Crippen molar-refractivity contribution in [3.63, 3.8) is 0 Å². The molecule has 0 spiro atoms. The normalized spacial score (nSPS) is 11.7. The van der Waals surface area contributed by atoms with Crippen LogP contribution in [0.15, 0.2) is 34.7 Å². The highest BCUT2D eigenvalue weighted by atomic mass is 16.3. The van der Waals surface area contributed by atoms with E-state index in [-0.39, 0.29) is 18.0 Å². The van der Waals surface area contributed by atoms with Gasteiger partial charge >= 0.3 is 6.03 Å². The van der Waals surface area contributed by atoms with E-state index < -0.39 is 0 Å². The Morgan fingerprint density at radius 1 is 1.16 bits per heavy atom. The van der Waals surface area contributed by atoms with Gasteiger partial charge in [-0.3, -0.25) is 4.79 Å². The van der Waals surface area contributed by atoms with Gasteiger partial charge in [0, 0.05) is 24.2 Å². The summed E-state index contributed by atoms with van der Waals surface area (Å²) in [7, 11) is 0. The Morgan fingerprint density at radius 2 is 1.84 bits per heavy atom. The van der Waals surface area contributed by atoms with Gasteiger partial charge in [0.05, 0.1) is 6.04 Å². The second-order valence-electron chi connectivity index (χ2n) is 6.01. The third-order valence-electron chi connectivity index (χ3n) is 3.95. The van der Waals surface area contributed by atoms with Crippen LogP contribution < -0.4 is 16.0 Å². The predicted molar refractivity (Wildman–Crippen MR) is 97.3 cm³/mol. The molecule has 1 aromatic heterocycles. The number of carbonyl (C=O) groups excluding carboxylic acids is 2. The van der Waals surface area contributed by atoms with Crippen LogP contribution in [-0.4, -0.2) is 11.9 Å². The molecule has 6 heteroatoms. The van der Waals surface area contributed by atoms with Crippen LogP contribution in [0.5, 0.6) is 0 Å². The van der Waals surface area contributed by atoms with Gasteiger partial charge in [-0.1, -0.05) is 19.1 Å². The monoisotopic (exact) mass is 343 g/mol. The number of carbonyl (C=O) groups is 2. The highest BCUT2D eigenvalue weighted by Gasteiger charge is 2.11. The molecular weight excluding hydrogens is 318 g/mol. The first-order valence-corrected chi connectivity index (χ1v) is 8.39. The molecule has 1 heterocycles. The van der Waals surface area contributed by atoms with Crippen molar-refractivity contribution in [2.45, 2.75) is 46.7 Å². The van der Waals surface area contributed by atoms with E-state index in [2.05, 4.69) is 16.0 Å². The van der Waals surface area contributed by atoms with Crippen molar-refractivity contribution in [3.05, 3.63) is 53.0 Å². The summed E-state index contributed by atoms with van der Waals surface area (Å²) in [6, 6.07) is 8.96. The van der Waals surface area contributed by atoms with Gasteiger partial charge in [-0.15, -0.1) is 0 Å². The minimum Gasteiger partial charge on any atom is -0.466 e. The van der Waals surface area contributed by atoms with E-state index in [0.717, 1.165) is 28.3 Å². The van der Waals surface area contributed by atoms with Crippen molar-refractivity contribution in [2.24, 2.45) is 0 Å². The number of nitrogens with one attached hydrogen (secondary N) is 3. The lowest BCUT2D eigenvalue weighted by Crippen LogP contribution is -2.36. The Hall–Kier alpha value is -2.76. The molecule has 2 rings (SSSR count). The first kappa shape index (κ1) is 18.6. The van der Waals surface area contributed by atoms with Crippen molar-refractivity contribution in [1.29, 1.82) is 0 Å². The molecule has 2 aromatic rings. The molecule has 0 saturated heterocycles. The third-order valence-corrected chi connectivity index (χ3v) is 3.95. The van der Waals surface area contributed by atoms with Gasteiger partial charge in [0.2, 0.25) is 5.91 Å². The summed E-state index contributed by atoms with van der Waals surface area (Å²) < 4.78 is 5.44. The fourth-order valence-electron chi connectivity index (χ4n) is 2.47. The lowest BCUT2D eigenvalue weighted by Gasteiger charge is -2.15. The fourth-order valence-corrected chi connectivity index (χ4v) is 2.47. The van der Waals surface area contributed by atoms with Gasteiger partial charge in [-0.2, -0.15) is 0 Å². The first-order chi connectivity index (χ1) is 11.9. The largest absolute Gasteiger partial charge is 0.466 e. The Labute approximate surface area is 148 Å². The van der Waals surface area contributed by atoms with Crippen molar-refractivity contribution < 1.29 is 14.0 Å². The van der Waals surface area contributed by atoms with E-state index in [1.807, 2.05) is 51.1 Å². The molecule has 0 aliphatic heterocycles. The summed E-state index contributed by atoms with van der Waals surface area (Å²) in [5.74, 6) is 1.62. The molecule has 134 valence electrons. The maximum atomic E-state index is 12.1. The van der Waals surface area contributed by atoms with Crippen LogP contribution >= 0.6 is 0 Å². The van der Waals surface area contributed by atoms with Gasteiger partial charge in [0.25, 0.3) is 0 Å². The summed E-state index contributed by atoms with van der Waals surface area (Å²) in [5, 5.41) is 8.52. The molecule has 1 atom stereocenters. The lowest BCUT2D eigenvalue weighted by atomic mass is 10.1. The number of rotatable bonds is 6. The second kappa shape index (κ2) is 8.37. The smallest absolute Gasteiger partial charge is 0.315 e. The zero-order chi connectivity index (χ0) is 18.4. The number of amides is 3. The highest BCUT2D eigenvalue weighted by Crippen LogP contribution is 2.16. The fraction of sp³-hybridized carbons (Fsp3) is 0.368. The van der Waals surface area contributed by atoms with Crippen LogP contribution in [0.25, 0.3) is 0 Å². The van der Waals surface area contributed by atoms with Crippen molar-refractivity contribution in [1.82, 2.24) is 10.6 Å². The van der Waals surface area contributed by atoms with Gasteiger partial charge < -0.3 is 20.4 Å². The van der Waals surface area contributed by atoms with E-state index in [4.69, 9.17) is 4.42 Å². The minimum absolute atomic E-state index is 0.0249. The predicted octanol–water partition coefficient (Wildman–Crippen LogP) is 3.81. The maximum Gasteiger partial charge on any atom is 0.315 e. The van der Waals surface area contributed by atoms with Crippen molar-refractivity contribution in [2.75, 3.05) is 5.32 Å². The SMILES string of the molecule is CCC(=O)Nc1ccc([C@@H](C)NC(=O)NCc2cc(C)oc2C)cc1. The van der Waals surface area contributed by atoms with Crippen LogP contribution in [0.3, 0.4) is 0 Å².